The van der Waals surface area contributed by atoms with Gasteiger partial charge in [0.05, 0.1) is 4.90 Å². The Morgan fingerprint density at radius 2 is 1.74 bits per heavy atom. The molecule has 2 fully saturated rings. The van der Waals surface area contributed by atoms with Crippen molar-refractivity contribution in [3.05, 3.63) is 29.8 Å². The Labute approximate surface area is 186 Å². The molecule has 0 radical (unpaired) electrons. The lowest BCUT2D eigenvalue weighted by molar-refractivity contribution is 0.0584. The maximum atomic E-state index is 13.1. The molecule has 0 aliphatic carbocycles. The number of nitrogens with zero attached hydrogens (tertiary/aromatic N) is 3. The van der Waals surface area contributed by atoms with Crippen LogP contribution in [0.3, 0.4) is 0 Å². The maximum absolute atomic E-state index is 13.1. The van der Waals surface area contributed by atoms with Gasteiger partial charge in [-0.1, -0.05) is 11.3 Å². The lowest BCUT2D eigenvalue weighted by Crippen LogP contribution is -2.50. The SMILES string of the molecule is O=S(=O)(c1ccc2c(c1)OCCO2)N1CCC(N2CCC(Oc3nccs3)CC2)CC1. The Morgan fingerprint density at radius 1 is 1.00 bits per heavy atom. The quantitative estimate of drug-likeness (QED) is 0.671. The topological polar surface area (TPSA) is 81.2 Å². The number of ether oxygens (including phenoxy) is 3. The number of aromatic nitrogens is 1. The summed E-state index contributed by atoms with van der Waals surface area (Å²) in [5.41, 5.74) is 0. The molecule has 1 aromatic carbocycles. The van der Waals surface area contributed by atoms with E-state index in [0.29, 0.717) is 43.8 Å². The highest BCUT2D eigenvalue weighted by Gasteiger charge is 2.34. The molecule has 2 aromatic rings. The van der Waals surface area contributed by atoms with Crippen LogP contribution in [0.15, 0.2) is 34.7 Å². The van der Waals surface area contributed by atoms with E-state index in [1.54, 1.807) is 28.7 Å². The van der Waals surface area contributed by atoms with Crippen molar-refractivity contribution in [2.75, 3.05) is 39.4 Å². The first-order valence-electron chi connectivity index (χ1n) is 10.8. The molecule has 0 amide bonds. The van der Waals surface area contributed by atoms with Gasteiger partial charge in [-0.2, -0.15) is 4.31 Å². The summed E-state index contributed by atoms with van der Waals surface area (Å²) in [6.45, 7) is 3.97. The number of rotatable bonds is 5. The average molecular weight is 466 g/mol. The van der Waals surface area contributed by atoms with E-state index in [0.717, 1.165) is 44.0 Å². The molecule has 5 rings (SSSR count). The van der Waals surface area contributed by atoms with Gasteiger partial charge >= 0.3 is 0 Å². The fourth-order valence-electron chi connectivity index (χ4n) is 4.55. The van der Waals surface area contributed by atoms with Crippen LogP contribution < -0.4 is 14.2 Å². The molecule has 168 valence electrons. The molecule has 0 bridgehead atoms. The highest BCUT2D eigenvalue weighted by atomic mass is 32.2. The van der Waals surface area contributed by atoms with Crippen LogP contribution in [0.1, 0.15) is 25.7 Å². The number of hydrogen-bond donors (Lipinski definition) is 0. The number of piperidine rings is 2. The molecule has 0 saturated carbocycles. The minimum Gasteiger partial charge on any atom is -0.486 e. The Kier molecular flexibility index (Phi) is 6.05. The number of fused-ring (bicyclic) bond motifs is 1. The average Bonchev–Trinajstić information content (AvgIpc) is 3.32. The highest BCUT2D eigenvalue weighted by Crippen LogP contribution is 2.34. The summed E-state index contributed by atoms with van der Waals surface area (Å²) in [5, 5.41) is 2.67. The Balaban J connectivity index is 1.15. The maximum Gasteiger partial charge on any atom is 0.273 e. The fraction of sp³-hybridized carbons (Fsp3) is 0.571. The van der Waals surface area contributed by atoms with Crippen molar-refractivity contribution in [2.24, 2.45) is 0 Å². The zero-order chi connectivity index (χ0) is 21.3. The number of benzene rings is 1. The van der Waals surface area contributed by atoms with Gasteiger partial charge in [0.25, 0.3) is 5.19 Å². The second-order valence-electron chi connectivity index (χ2n) is 8.09. The van der Waals surface area contributed by atoms with Gasteiger partial charge < -0.3 is 19.1 Å². The smallest absolute Gasteiger partial charge is 0.273 e. The van der Waals surface area contributed by atoms with Crippen molar-refractivity contribution in [3.63, 3.8) is 0 Å². The lowest BCUT2D eigenvalue weighted by Gasteiger charge is -2.41. The summed E-state index contributed by atoms with van der Waals surface area (Å²) in [4.78, 5) is 6.97. The molecule has 10 heteroatoms. The first-order valence-corrected chi connectivity index (χ1v) is 13.1. The molecule has 0 N–H and O–H groups in total. The first kappa shape index (κ1) is 21.0. The summed E-state index contributed by atoms with van der Waals surface area (Å²) < 4.78 is 44.9. The normalized spacial score (nSPS) is 21.8. The fourth-order valence-corrected chi connectivity index (χ4v) is 6.59. The second-order valence-corrected chi connectivity index (χ2v) is 10.9. The Bertz CT molecular complexity index is 982. The Morgan fingerprint density at radius 3 is 2.45 bits per heavy atom. The second kappa shape index (κ2) is 8.93. The van der Waals surface area contributed by atoms with Crippen LogP contribution in [-0.4, -0.2) is 74.1 Å². The van der Waals surface area contributed by atoms with Crippen LogP contribution in [0.5, 0.6) is 16.7 Å². The molecule has 3 aliphatic heterocycles. The van der Waals surface area contributed by atoms with Crippen molar-refractivity contribution >= 4 is 21.4 Å². The van der Waals surface area contributed by atoms with Gasteiger partial charge in [0.1, 0.15) is 19.3 Å². The van der Waals surface area contributed by atoms with E-state index in [9.17, 15) is 8.42 Å². The van der Waals surface area contributed by atoms with Crippen LogP contribution in [0, 0.1) is 0 Å². The molecule has 0 unspecified atom stereocenters. The highest BCUT2D eigenvalue weighted by molar-refractivity contribution is 7.89. The zero-order valence-electron chi connectivity index (χ0n) is 17.3. The molecular weight excluding hydrogens is 438 g/mol. The van der Waals surface area contributed by atoms with Crippen LogP contribution >= 0.6 is 11.3 Å². The number of hydrogen-bond acceptors (Lipinski definition) is 8. The third-order valence-corrected chi connectivity index (χ3v) is 8.80. The summed E-state index contributed by atoms with van der Waals surface area (Å²) in [5.74, 6) is 1.11. The van der Waals surface area contributed by atoms with E-state index in [1.165, 1.54) is 11.3 Å². The molecule has 2 saturated heterocycles. The third-order valence-electron chi connectivity index (χ3n) is 6.24. The summed E-state index contributed by atoms with van der Waals surface area (Å²) >= 11 is 1.53. The largest absolute Gasteiger partial charge is 0.486 e. The minimum atomic E-state index is -3.53. The van der Waals surface area contributed by atoms with Crippen LogP contribution in [-0.2, 0) is 10.0 Å². The Hall–Kier alpha value is -1.88. The summed E-state index contributed by atoms with van der Waals surface area (Å²) in [7, 11) is -3.53. The molecule has 31 heavy (non-hydrogen) atoms. The predicted octanol–water partition coefficient (Wildman–Crippen LogP) is 2.61. The molecule has 8 nitrogen and oxygen atoms in total. The van der Waals surface area contributed by atoms with Crippen molar-refractivity contribution in [1.29, 1.82) is 0 Å². The van der Waals surface area contributed by atoms with Crippen LogP contribution in [0.4, 0.5) is 0 Å². The molecule has 0 spiro atoms. The van der Waals surface area contributed by atoms with Crippen molar-refractivity contribution in [3.8, 4) is 16.7 Å². The van der Waals surface area contributed by atoms with Gasteiger partial charge in [0.15, 0.2) is 11.5 Å². The molecule has 0 atom stereocenters. The minimum absolute atomic E-state index is 0.220. The molecule has 1 aromatic heterocycles. The van der Waals surface area contributed by atoms with Gasteiger partial charge in [-0.05, 0) is 37.8 Å². The van der Waals surface area contributed by atoms with E-state index >= 15 is 0 Å². The van der Waals surface area contributed by atoms with E-state index in [-0.39, 0.29) is 11.0 Å². The number of thiazole rings is 1. The predicted molar refractivity (Wildman–Crippen MR) is 117 cm³/mol. The molecule has 3 aliphatic rings. The zero-order valence-corrected chi connectivity index (χ0v) is 18.9. The van der Waals surface area contributed by atoms with Gasteiger partial charge in [-0.25, -0.2) is 13.4 Å². The van der Waals surface area contributed by atoms with Crippen LogP contribution in [0.2, 0.25) is 0 Å². The van der Waals surface area contributed by atoms with Gasteiger partial charge in [0, 0.05) is 49.9 Å². The van der Waals surface area contributed by atoms with E-state index in [1.807, 2.05) is 5.38 Å². The van der Waals surface area contributed by atoms with Crippen molar-refractivity contribution < 1.29 is 22.6 Å². The van der Waals surface area contributed by atoms with Crippen molar-refractivity contribution in [2.45, 2.75) is 42.7 Å². The summed E-state index contributed by atoms with van der Waals surface area (Å²) in [6.07, 6.45) is 5.65. The molecular formula is C21H27N3O5S2. The summed E-state index contributed by atoms with van der Waals surface area (Å²) in [6, 6.07) is 5.31. The monoisotopic (exact) mass is 465 g/mol. The number of sulfonamides is 1. The lowest BCUT2D eigenvalue weighted by atomic mass is 10.00. The van der Waals surface area contributed by atoms with Crippen LogP contribution in [0.25, 0.3) is 0 Å². The van der Waals surface area contributed by atoms with E-state index in [4.69, 9.17) is 14.2 Å². The third kappa shape index (κ3) is 4.52. The van der Waals surface area contributed by atoms with Gasteiger partial charge in [0.2, 0.25) is 10.0 Å². The van der Waals surface area contributed by atoms with Crippen molar-refractivity contribution in [1.82, 2.24) is 14.2 Å². The van der Waals surface area contributed by atoms with Gasteiger partial charge in [-0.15, -0.1) is 0 Å². The van der Waals surface area contributed by atoms with E-state index < -0.39 is 10.0 Å². The first-order chi connectivity index (χ1) is 15.1. The molecule has 4 heterocycles. The number of likely N-dealkylation sites (tertiary alicyclic amines) is 1. The van der Waals surface area contributed by atoms with Gasteiger partial charge in [-0.3, -0.25) is 0 Å². The standard InChI is InChI=1S/C21H27N3O5S2/c25-31(26,18-1-2-19-20(15-18)28-13-12-27-19)24-10-3-16(4-11-24)23-8-5-17(6-9-23)29-21-22-7-14-30-21/h1-2,7,14-17H,3-6,8-13H2. The van der Waals surface area contributed by atoms with E-state index in [2.05, 4.69) is 9.88 Å².